The summed E-state index contributed by atoms with van der Waals surface area (Å²) in [5, 5.41) is 37.3. The van der Waals surface area contributed by atoms with E-state index < -0.39 is 18.2 Å². The van der Waals surface area contributed by atoms with E-state index in [9.17, 15) is 15.3 Å². The molecule has 9 heteroatoms. The number of fused-ring (bicyclic) bond motifs is 1. The lowest BCUT2D eigenvalue weighted by Crippen LogP contribution is -2.35. The van der Waals surface area contributed by atoms with Crippen LogP contribution in [0.2, 0.25) is 0 Å². The molecule has 1 aromatic carbocycles. The molecule has 3 aromatic rings. The van der Waals surface area contributed by atoms with Gasteiger partial charge in [-0.2, -0.15) is 4.98 Å². The van der Waals surface area contributed by atoms with Crippen LogP contribution in [0.3, 0.4) is 0 Å². The molecule has 8 nitrogen and oxygen atoms in total. The number of nitrogens with one attached hydrogen (secondary N) is 2. The molecule has 1 fully saturated rings. The second-order valence-electron chi connectivity index (χ2n) is 7.42. The van der Waals surface area contributed by atoms with Gasteiger partial charge in [0.05, 0.1) is 33.6 Å². The Labute approximate surface area is 178 Å². The molecule has 1 aliphatic carbocycles. The molecule has 2 aromatic heterocycles. The zero-order chi connectivity index (χ0) is 21.3. The number of rotatable bonds is 7. The molecule has 4 unspecified atom stereocenters. The molecule has 0 saturated heterocycles. The van der Waals surface area contributed by atoms with E-state index in [1.165, 1.54) is 0 Å². The maximum absolute atomic E-state index is 10.5. The Kier molecular flexibility index (Phi) is 5.96. The first-order valence-electron chi connectivity index (χ1n) is 9.84. The number of aryl methyl sites for hydroxylation is 1. The molecular formula is C21H25N5O3S. The standard InChI is InChI=1S/C21H25N5O3S/c1-3-8-22-21-23-11(2)16(20-25-13-6-4-5-7-15(13)30-20)19(26-21)24-14-9-12(10-27)17(28)18(14)29/h3-7,12,14,17-18,27-29H,1,8-10H2,2H3,(H2,22,23,24,26). The van der Waals surface area contributed by atoms with E-state index in [4.69, 9.17) is 4.98 Å². The van der Waals surface area contributed by atoms with Gasteiger partial charge in [0, 0.05) is 19.1 Å². The van der Waals surface area contributed by atoms with Gasteiger partial charge in [0.1, 0.15) is 16.9 Å². The van der Waals surface area contributed by atoms with Crippen molar-refractivity contribution in [2.75, 3.05) is 23.8 Å². The Morgan fingerprint density at radius 2 is 2.00 bits per heavy atom. The minimum Gasteiger partial charge on any atom is -0.396 e. The molecule has 0 amide bonds. The van der Waals surface area contributed by atoms with Gasteiger partial charge in [-0.15, -0.1) is 17.9 Å². The quantitative estimate of drug-likeness (QED) is 0.364. The molecule has 1 saturated carbocycles. The molecule has 5 N–H and O–H groups in total. The van der Waals surface area contributed by atoms with Gasteiger partial charge in [-0.1, -0.05) is 18.2 Å². The summed E-state index contributed by atoms with van der Waals surface area (Å²) >= 11 is 1.55. The summed E-state index contributed by atoms with van der Waals surface area (Å²) in [6, 6.07) is 7.44. The average Bonchev–Trinajstić information content (AvgIpc) is 3.28. The van der Waals surface area contributed by atoms with Gasteiger partial charge in [-0.25, -0.2) is 9.97 Å². The third-order valence-corrected chi connectivity index (χ3v) is 6.41. The van der Waals surface area contributed by atoms with Crippen LogP contribution in [0.5, 0.6) is 0 Å². The summed E-state index contributed by atoms with van der Waals surface area (Å²) in [4.78, 5) is 13.9. The Balaban J connectivity index is 1.76. The minimum absolute atomic E-state index is 0.184. The monoisotopic (exact) mass is 427 g/mol. The second kappa shape index (κ2) is 8.65. The van der Waals surface area contributed by atoms with Crippen molar-refractivity contribution >= 4 is 33.3 Å². The van der Waals surface area contributed by atoms with E-state index in [0.29, 0.717) is 24.7 Å². The summed E-state index contributed by atoms with van der Waals surface area (Å²) in [6.07, 6.45) is 0.150. The van der Waals surface area contributed by atoms with Crippen LogP contribution in [0.4, 0.5) is 11.8 Å². The maximum Gasteiger partial charge on any atom is 0.225 e. The highest BCUT2D eigenvalue weighted by atomic mass is 32.1. The number of aromatic nitrogens is 3. The number of hydrogen-bond acceptors (Lipinski definition) is 9. The van der Waals surface area contributed by atoms with E-state index >= 15 is 0 Å². The largest absolute Gasteiger partial charge is 0.396 e. The number of anilines is 2. The molecule has 1 aliphatic rings. The van der Waals surface area contributed by atoms with Crippen LogP contribution in [0.25, 0.3) is 20.8 Å². The Hall–Kier alpha value is -2.59. The topological polar surface area (TPSA) is 123 Å². The van der Waals surface area contributed by atoms with Crippen molar-refractivity contribution < 1.29 is 15.3 Å². The third kappa shape index (κ3) is 3.89. The second-order valence-corrected chi connectivity index (χ2v) is 8.45. The Bertz CT molecular complexity index is 1020. The van der Waals surface area contributed by atoms with E-state index in [0.717, 1.165) is 26.5 Å². The van der Waals surface area contributed by atoms with Crippen LogP contribution in [0, 0.1) is 12.8 Å². The van der Waals surface area contributed by atoms with Crippen LogP contribution in [0.1, 0.15) is 12.1 Å². The normalized spacial score (nSPS) is 23.6. The van der Waals surface area contributed by atoms with Gasteiger partial charge < -0.3 is 26.0 Å². The van der Waals surface area contributed by atoms with Gasteiger partial charge in [0.2, 0.25) is 5.95 Å². The van der Waals surface area contributed by atoms with Crippen molar-refractivity contribution in [3.8, 4) is 10.6 Å². The minimum atomic E-state index is -1.01. The van der Waals surface area contributed by atoms with Crippen LogP contribution >= 0.6 is 11.3 Å². The molecule has 0 spiro atoms. The zero-order valence-electron chi connectivity index (χ0n) is 16.6. The fourth-order valence-corrected chi connectivity index (χ4v) is 4.84. The highest BCUT2D eigenvalue weighted by molar-refractivity contribution is 7.21. The van der Waals surface area contributed by atoms with E-state index in [-0.39, 0.29) is 12.5 Å². The first-order chi connectivity index (χ1) is 14.5. The zero-order valence-corrected chi connectivity index (χ0v) is 17.4. The first kappa shape index (κ1) is 20.7. The molecule has 4 atom stereocenters. The van der Waals surface area contributed by atoms with Crippen LogP contribution < -0.4 is 10.6 Å². The van der Waals surface area contributed by atoms with Crippen molar-refractivity contribution in [1.82, 2.24) is 15.0 Å². The number of thiazole rings is 1. The molecule has 0 aliphatic heterocycles. The van der Waals surface area contributed by atoms with Gasteiger partial charge in [-0.3, -0.25) is 0 Å². The van der Waals surface area contributed by atoms with Crippen LogP contribution in [-0.4, -0.2) is 61.7 Å². The fraction of sp³-hybridized carbons (Fsp3) is 0.381. The summed E-state index contributed by atoms with van der Waals surface area (Å²) in [6.45, 7) is 5.92. The number of aliphatic hydroxyl groups is 3. The van der Waals surface area contributed by atoms with Gasteiger partial charge in [0.25, 0.3) is 0 Å². The maximum atomic E-state index is 10.5. The van der Waals surface area contributed by atoms with Gasteiger partial charge >= 0.3 is 0 Å². The molecule has 4 rings (SSSR count). The molecule has 0 bridgehead atoms. The third-order valence-electron chi connectivity index (χ3n) is 5.36. The SMILES string of the molecule is C=CCNc1nc(C)c(-c2nc3ccccc3s2)c(NC2CC(CO)C(O)C2O)n1. The smallest absolute Gasteiger partial charge is 0.225 e. The highest BCUT2D eigenvalue weighted by Crippen LogP contribution is 2.38. The number of benzene rings is 1. The summed E-state index contributed by atoms with van der Waals surface area (Å²) in [5.41, 5.74) is 2.40. The van der Waals surface area contributed by atoms with Crippen molar-refractivity contribution in [3.63, 3.8) is 0 Å². The molecule has 0 radical (unpaired) electrons. The summed E-state index contributed by atoms with van der Waals surface area (Å²) < 4.78 is 1.06. The predicted molar refractivity (Wildman–Crippen MR) is 119 cm³/mol. The van der Waals surface area contributed by atoms with E-state index in [1.807, 2.05) is 31.2 Å². The van der Waals surface area contributed by atoms with Crippen molar-refractivity contribution in [2.24, 2.45) is 5.92 Å². The number of para-hydroxylation sites is 1. The van der Waals surface area contributed by atoms with Gasteiger partial charge in [0.15, 0.2) is 0 Å². The molecule has 30 heavy (non-hydrogen) atoms. The van der Waals surface area contributed by atoms with Gasteiger partial charge in [-0.05, 0) is 25.5 Å². The lowest BCUT2D eigenvalue weighted by atomic mass is 10.1. The number of aliphatic hydroxyl groups excluding tert-OH is 3. The lowest BCUT2D eigenvalue weighted by Gasteiger charge is -2.21. The first-order valence-corrected chi connectivity index (χ1v) is 10.7. The van der Waals surface area contributed by atoms with Crippen molar-refractivity contribution in [2.45, 2.75) is 31.6 Å². The average molecular weight is 428 g/mol. The van der Waals surface area contributed by atoms with E-state index in [1.54, 1.807) is 17.4 Å². The van der Waals surface area contributed by atoms with Crippen LogP contribution in [-0.2, 0) is 0 Å². The summed E-state index contributed by atoms with van der Waals surface area (Å²) in [5.74, 6) is 0.583. The summed E-state index contributed by atoms with van der Waals surface area (Å²) in [7, 11) is 0. The number of nitrogens with zero attached hydrogens (tertiary/aromatic N) is 3. The highest BCUT2D eigenvalue weighted by Gasteiger charge is 2.41. The molecule has 158 valence electrons. The molecular weight excluding hydrogens is 402 g/mol. The molecule has 2 heterocycles. The fourth-order valence-electron chi connectivity index (χ4n) is 3.78. The lowest BCUT2D eigenvalue weighted by molar-refractivity contribution is 0.00446. The predicted octanol–water partition coefficient (Wildman–Crippen LogP) is 2.17. The van der Waals surface area contributed by atoms with Crippen LogP contribution in [0.15, 0.2) is 36.9 Å². The van der Waals surface area contributed by atoms with E-state index in [2.05, 4.69) is 27.2 Å². The van der Waals surface area contributed by atoms with Crippen molar-refractivity contribution in [3.05, 3.63) is 42.6 Å². The number of hydrogen-bond donors (Lipinski definition) is 5. The van der Waals surface area contributed by atoms with Crippen molar-refractivity contribution in [1.29, 1.82) is 0 Å². The Morgan fingerprint density at radius 3 is 2.70 bits per heavy atom. The Morgan fingerprint density at radius 1 is 1.20 bits per heavy atom.